The number of aromatic nitrogens is 1. The van der Waals surface area contributed by atoms with E-state index in [4.69, 9.17) is 4.99 Å². The van der Waals surface area contributed by atoms with Crippen molar-refractivity contribution < 1.29 is 0 Å². The molecule has 2 N–H and O–H groups in total. The predicted molar refractivity (Wildman–Crippen MR) is 119 cm³/mol. The van der Waals surface area contributed by atoms with E-state index in [1.807, 2.05) is 0 Å². The van der Waals surface area contributed by atoms with Crippen LogP contribution in [0.15, 0.2) is 34.6 Å². The standard InChI is InChI=1S/C22H33N5S/c1-4-21-25-20(16-28-21)14-24-22(23-5-2)26-19-10-12-27(13-11-19)15-18-9-7-6-8-17(18)3/h6-9,16,19H,4-5,10-15H2,1-3H3,(H2,23,24,26). The average Bonchev–Trinajstić information content (AvgIpc) is 3.18. The number of rotatable bonds is 7. The number of benzene rings is 1. The van der Waals surface area contributed by atoms with Gasteiger partial charge >= 0.3 is 0 Å². The summed E-state index contributed by atoms with van der Waals surface area (Å²) in [5, 5.41) is 10.3. The van der Waals surface area contributed by atoms with Crippen molar-refractivity contribution in [1.29, 1.82) is 0 Å². The summed E-state index contributed by atoms with van der Waals surface area (Å²) in [4.78, 5) is 11.9. The number of guanidine groups is 1. The monoisotopic (exact) mass is 399 g/mol. The number of likely N-dealkylation sites (tertiary alicyclic amines) is 1. The number of thiazole rings is 1. The zero-order valence-electron chi connectivity index (χ0n) is 17.4. The fraction of sp³-hybridized carbons (Fsp3) is 0.545. The lowest BCUT2D eigenvalue weighted by molar-refractivity contribution is 0.198. The summed E-state index contributed by atoms with van der Waals surface area (Å²) in [6, 6.07) is 9.19. The quantitative estimate of drug-likeness (QED) is 0.550. The van der Waals surface area contributed by atoms with Crippen LogP contribution >= 0.6 is 11.3 Å². The Balaban J connectivity index is 1.49. The molecule has 0 bridgehead atoms. The van der Waals surface area contributed by atoms with Gasteiger partial charge in [0, 0.05) is 37.6 Å². The highest BCUT2D eigenvalue weighted by molar-refractivity contribution is 7.09. The van der Waals surface area contributed by atoms with Crippen LogP contribution < -0.4 is 10.6 Å². The molecule has 0 unspecified atom stereocenters. The highest BCUT2D eigenvalue weighted by Gasteiger charge is 2.20. The van der Waals surface area contributed by atoms with Crippen molar-refractivity contribution in [3.8, 4) is 0 Å². The molecule has 0 spiro atoms. The van der Waals surface area contributed by atoms with Crippen LogP contribution in [0.1, 0.15) is 48.5 Å². The van der Waals surface area contributed by atoms with Crippen LogP contribution in [0, 0.1) is 6.92 Å². The molecule has 1 aromatic heterocycles. The first-order valence-corrected chi connectivity index (χ1v) is 11.3. The number of piperidine rings is 1. The molecular weight excluding hydrogens is 366 g/mol. The Morgan fingerprint density at radius 3 is 2.71 bits per heavy atom. The Morgan fingerprint density at radius 2 is 2.04 bits per heavy atom. The number of aliphatic imine (C=N–C) groups is 1. The van der Waals surface area contributed by atoms with Gasteiger partial charge in [-0.1, -0.05) is 31.2 Å². The van der Waals surface area contributed by atoms with Crippen LogP contribution in [0.4, 0.5) is 0 Å². The van der Waals surface area contributed by atoms with Crippen molar-refractivity contribution in [2.45, 2.75) is 59.2 Å². The van der Waals surface area contributed by atoms with Crippen molar-refractivity contribution in [1.82, 2.24) is 20.5 Å². The largest absolute Gasteiger partial charge is 0.357 e. The second-order valence-corrected chi connectivity index (χ2v) is 8.35. The van der Waals surface area contributed by atoms with Gasteiger partial charge in [0.25, 0.3) is 0 Å². The van der Waals surface area contributed by atoms with Gasteiger partial charge in [-0.25, -0.2) is 9.98 Å². The van der Waals surface area contributed by atoms with Crippen molar-refractivity contribution >= 4 is 17.3 Å². The van der Waals surface area contributed by atoms with Crippen LogP contribution in [-0.2, 0) is 19.5 Å². The fourth-order valence-corrected chi connectivity index (χ4v) is 4.26. The third kappa shape index (κ3) is 6.04. The molecule has 0 aliphatic carbocycles. The third-order valence-corrected chi connectivity index (χ3v) is 6.27. The molecule has 1 fully saturated rings. The molecule has 0 radical (unpaired) electrons. The molecule has 0 saturated carbocycles. The van der Waals surface area contributed by atoms with Crippen LogP contribution in [0.2, 0.25) is 0 Å². The van der Waals surface area contributed by atoms with Gasteiger partial charge < -0.3 is 10.6 Å². The molecular formula is C22H33N5S. The fourth-order valence-electron chi connectivity index (χ4n) is 3.52. The lowest BCUT2D eigenvalue weighted by atomic mass is 10.0. The zero-order valence-corrected chi connectivity index (χ0v) is 18.2. The van der Waals surface area contributed by atoms with Gasteiger partial charge in [-0.15, -0.1) is 11.3 Å². The molecule has 2 heterocycles. The lowest BCUT2D eigenvalue weighted by Gasteiger charge is -2.33. The zero-order chi connectivity index (χ0) is 19.8. The Hall–Kier alpha value is -1.92. The summed E-state index contributed by atoms with van der Waals surface area (Å²) < 4.78 is 0. The third-order valence-electron chi connectivity index (χ3n) is 5.23. The average molecular weight is 400 g/mol. The molecule has 1 aliphatic rings. The van der Waals surface area contributed by atoms with Gasteiger partial charge in [-0.3, -0.25) is 4.90 Å². The molecule has 3 rings (SSSR count). The van der Waals surface area contributed by atoms with Crippen molar-refractivity contribution in [3.63, 3.8) is 0 Å². The van der Waals surface area contributed by atoms with Gasteiger partial charge in [-0.2, -0.15) is 0 Å². The van der Waals surface area contributed by atoms with Gasteiger partial charge in [0.2, 0.25) is 0 Å². The van der Waals surface area contributed by atoms with Crippen LogP contribution in [-0.4, -0.2) is 41.5 Å². The first kappa shape index (κ1) is 20.8. The second-order valence-electron chi connectivity index (χ2n) is 7.40. The van der Waals surface area contributed by atoms with E-state index >= 15 is 0 Å². The highest BCUT2D eigenvalue weighted by atomic mass is 32.1. The molecule has 6 heteroatoms. The molecule has 0 amide bonds. The van der Waals surface area contributed by atoms with E-state index in [9.17, 15) is 0 Å². The Labute approximate surface area is 173 Å². The number of hydrogen-bond acceptors (Lipinski definition) is 4. The van der Waals surface area contributed by atoms with E-state index in [0.717, 1.165) is 57.1 Å². The van der Waals surface area contributed by atoms with E-state index in [1.165, 1.54) is 16.1 Å². The molecule has 2 aromatic rings. The van der Waals surface area contributed by atoms with E-state index in [-0.39, 0.29) is 0 Å². The maximum absolute atomic E-state index is 4.75. The van der Waals surface area contributed by atoms with Gasteiger partial charge in [0.05, 0.1) is 17.2 Å². The minimum Gasteiger partial charge on any atom is -0.357 e. The maximum Gasteiger partial charge on any atom is 0.191 e. The Bertz CT molecular complexity index is 762. The highest BCUT2D eigenvalue weighted by Crippen LogP contribution is 2.16. The summed E-state index contributed by atoms with van der Waals surface area (Å²) in [6.07, 6.45) is 3.29. The molecule has 5 nitrogen and oxygen atoms in total. The number of aryl methyl sites for hydroxylation is 2. The predicted octanol–water partition coefficient (Wildman–Crippen LogP) is 3.73. The number of nitrogens with one attached hydrogen (secondary N) is 2. The van der Waals surface area contributed by atoms with Crippen LogP contribution in [0.5, 0.6) is 0 Å². The van der Waals surface area contributed by atoms with E-state index in [0.29, 0.717) is 12.6 Å². The second kappa shape index (κ2) is 10.6. The summed E-state index contributed by atoms with van der Waals surface area (Å²) in [7, 11) is 0. The van der Waals surface area contributed by atoms with Crippen molar-refractivity contribution in [2.75, 3.05) is 19.6 Å². The number of nitrogens with zero attached hydrogens (tertiary/aromatic N) is 3. The topological polar surface area (TPSA) is 52.6 Å². The SMILES string of the molecule is CCNC(=NCc1csc(CC)n1)NC1CCN(Cc2ccccc2C)CC1. The Kier molecular flexibility index (Phi) is 7.86. The van der Waals surface area contributed by atoms with Crippen molar-refractivity contribution in [3.05, 3.63) is 51.5 Å². The number of hydrogen-bond donors (Lipinski definition) is 2. The first-order chi connectivity index (χ1) is 13.7. The van der Waals surface area contributed by atoms with Gasteiger partial charge in [0.1, 0.15) is 0 Å². The van der Waals surface area contributed by atoms with Crippen molar-refractivity contribution in [2.24, 2.45) is 4.99 Å². The normalized spacial score (nSPS) is 16.3. The van der Waals surface area contributed by atoms with E-state index < -0.39 is 0 Å². The first-order valence-electron chi connectivity index (χ1n) is 10.4. The van der Waals surface area contributed by atoms with E-state index in [1.54, 1.807) is 11.3 Å². The summed E-state index contributed by atoms with van der Waals surface area (Å²) in [5.41, 5.74) is 3.89. The maximum atomic E-state index is 4.75. The molecule has 28 heavy (non-hydrogen) atoms. The molecule has 0 atom stereocenters. The summed E-state index contributed by atoms with van der Waals surface area (Å²) in [5.74, 6) is 0.908. The molecule has 1 aliphatic heterocycles. The smallest absolute Gasteiger partial charge is 0.191 e. The summed E-state index contributed by atoms with van der Waals surface area (Å²) >= 11 is 1.73. The Morgan fingerprint density at radius 1 is 1.25 bits per heavy atom. The molecule has 1 aromatic carbocycles. The van der Waals surface area contributed by atoms with Crippen LogP contribution in [0.25, 0.3) is 0 Å². The minimum absolute atomic E-state index is 0.479. The molecule has 152 valence electrons. The van der Waals surface area contributed by atoms with Crippen LogP contribution in [0.3, 0.4) is 0 Å². The molecule has 1 saturated heterocycles. The van der Waals surface area contributed by atoms with Gasteiger partial charge in [-0.05, 0) is 44.2 Å². The van der Waals surface area contributed by atoms with E-state index in [2.05, 4.69) is 70.9 Å². The lowest BCUT2D eigenvalue weighted by Crippen LogP contribution is -2.48. The van der Waals surface area contributed by atoms with Gasteiger partial charge in [0.15, 0.2) is 5.96 Å². The summed E-state index contributed by atoms with van der Waals surface area (Å²) in [6.45, 7) is 11.3. The minimum atomic E-state index is 0.479.